The highest BCUT2D eigenvalue weighted by Gasteiger charge is 2.19. The minimum atomic E-state index is -0.729. The van der Waals surface area contributed by atoms with E-state index in [1.54, 1.807) is 37.1 Å². The molecule has 3 amide bonds. The molecule has 0 spiro atoms. The number of aryl methyl sites for hydroxylation is 1. The third-order valence-corrected chi connectivity index (χ3v) is 7.16. The van der Waals surface area contributed by atoms with E-state index >= 15 is 0 Å². The zero-order valence-corrected chi connectivity index (χ0v) is 24.4. The molecule has 0 aliphatic carbocycles. The summed E-state index contributed by atoms with van der Waals surface area (Å²) in [4.78, 5) is 42.4. The van der Waals surface area contributed by atoms with Gasteiger partial charge in [0.25, 0.3) is 5.91 Å². The summed E-state index contributed by atoms with van der Waals surface area (Å²) >= 11 is 0. The number of morpholine rings is 1. The van der Waals surface area contributed by atoms with Gasteiger partial charge in [0.1, 0.15) is 17.5 Å². The van der Waals surface area contributed by atoms with Crippen molar-refractivity contribution in [2.45, 2.75) is 0 Å². The highest BCUT2D eigenvalue weighted by molar-refractivity contribution is 6.00. The summed E-state index contributed by atoms with van der Waals surface area (Å²) in [6.07, 6.45) is 5.34. The normalized spacial score (nSPS) is 13.1. The number of rotatable bonds is 6. The second-order valence-electron chi connectivity index (χ2n) is 10.5. The molecule has 12 nitrogen and oxygen atoms in total. The number of fused-ring (bicyclic) bond motifs is 1. The quantitative estimate of drug-likeness (QED) is 0.295. The molecule has 0 atom stereocenters. The summed E-state index contributed by atoms with van der Waals surface area (Å²) in [7, 11) is 5.03. The lowest BCUT2D eigenvalue weighted by Gasteiger charge is -2.29. The maximum atomic E-state index is 14.6. The molecule has 0 radical (unpaired) electrons. The molecule has 0 unspecified atom stereocenters. The topological polar surface area (TPSA) is 130 Å². The average Bonchev–Trinajstić information content (AvgIpc) is 3.47. The van der Waals surface area contributed by atoms with Gasteiger partial charge in [0.05, 0.1) is 30.6 Å². The van der Waals surface area contributed by atoms with Crippen LogP contribution in [0.4, 0.5) is 26.5 Å². The lowest BCUT2D eigenvalue weighted by molar-refractivity contribution is 0.0827. The minimum Gasteiger partial charge on any atom is -0.378 e. The van der Waals surface area contributed by atoms with Crippen LogP contribution >= 0.6 is 0 Å². The minimum absolute atomic E-state index is 0.0692. The zero-order valence-electron chi connectivity index (χ0n) is 24.4. The van der Waals surface area contributed by atoms with E-state index in [0.29, 0.717) is 37.7 Å². The molecular weight excluding hydrogens is 565 g/mol. The van der Waals surface area contributed by atoms with E-state index in [0.717, 1.165) is 33.9 Å². The summed E-state index contributed by atoms with van der Waals surface area (Å²) in [6, 6.07) is 12.7. The van der Waals surface area contributed by atoms with Crippen molar-refractivity contribution < 1.29 is 18.7 Å². The molecule has 4 heterocycles. The zero-order chi connectivity index (χ0) is 30.8. The van der Waals surface area contributed by atoms with Gasteiger partial charge in [0, 0.05) is 68.7 Å². The number of nitrogens with one attached hydrogen (secondary N) is 2. The maximum Gasteiger partial charge on any atom is 0.324 e. The van der Waals surface area contributed by atoms with Crippen LogP contribution in [0, 0.1) is 5.82 Å². The number of hydrogen-bond acceptors (Lipinski definition) is 8. The highest BCUT2D eigenvalue weighted by Crippen LogP contribution is 2.31. The van der Waals surface area contributed by atoms with Gasteiger partial charge in [-0.25, -0.2) is 24.1 Å². The van der Waals surface area contributed by atoms with E-state index in [9.17, 15) is 14.0 Å². The van der Waals surface area contributed by atoms with Crippen molar-refractivity contribution in [3.05, 3.63) is 78.5 Å². The average molecular weight is 596 g/mol. The number of carbonyl (C=O) groups is 2. The van der Waals surface area contributed by atoms with Crippen molar-refractivity contribution in [3.63, 3.8) is 0 Å². The van der Waals surface area contributed by atoms with Gasteiger partial charge in [-0.1, -0.05) is 6.07 Å². The van der Waals surface area contributed by atoms with Crippen LogP contribution in [0.25, 0.3) is 33.4 Å². The summed E-state index contributed by atoms with van der Waals surface area (Å²) in [6.45, 7) is 2.64. The molecule has 1 aliphatic heterocycles. The summed E-state index contributed by atoms with van der Waals surface area (Å²) in [5.74, 6) is 0.477. The van der Waals surface area contributed by atoms with Crippen molar-refractivity contribution in [1.29, 1.82) is 0 Å². The fraction of sp³-hybridized carbons (Fsp3) is 0.226. The molecule has 6 rings (SSSR count). The molecule has 0 saturated carbocycles. The Bertz CT molecular complexity index is 1850. The number of hydrogen-bond donors (Lipinski definition) is 2. The monoisotopic (exact) mass is 595 g/mol. The van der Waals surface area contributed by atoms with Gasteiger partial charge in [0.15, 0.2) is 5.82 Å². The van der Waals surface area contributed by atoms with Gasteiger partial charge in [0.2, 0.25) is 0 Å². The number of amides is 3. The Kier molecular flexibility index (Phi) is 7.85. The van der Waals surface area contributed by atoms with Crippen LogP contribution in [0.3, 0.4) is 0 Å². The van der Waals surface area contributed by atoms with Gasteiger partial charge < -0.3 is 19.9 Å². The largest absolute Gasteiger partial charge is 0.378 e. The molecule has 13 heteroatoms. The van der Waals surface area contributed by atoms with Crippen LogP contribution in [0.5, 0.6) is 0 Å². The van der Waals surface area contributed by atoms with Crippen molar-refractivity contribution >= 4 is 40.2 Å². The van der Waals surface area contributed by atoms with E-state index in [2.05, 4.69) is 25.6 Å². The molecule has 5 aromatic rings. The standard InChI is InChI=1S/C31H30FN9O3/c1-39(2)30(42)20-5-8-25(24(32)14-20)36-31(43)37-27-9-6-21(16-33-27)28-35-26-15-19(22-17-34-40(3)18-22)4-7-23(26)29(38-28)41-10-12-44-13-11-41/h4-9,14-18H,10-13H2,1-3H3,(H2,33,36,37,43). The number of aromatic nitrogens is 5. The van der Waals surface area contributed by atoms with Crippen molar-refractivity contribution in [1.82, 2.24) is 29.6 Å². The van der Waals surface area contributed by atoms with Crippen LogP contribution in [-0.4, -0.2) is 82.0 Å². The lowest BCUT2D eigenvalue weighted by atomic mass is 10.1. The Labute approximate surface area is 252 Å². The predicted molar refractivity (Wildman–Crippen MR) is 165 cm³/mol. The SMILES string of the molecule is CN(C)C(=O)c1ccc(NC(=O)Nc2ccc(-c3nc(N4CCOCC4)c4ccc(-c5cnn(C)c5)cc4n3)cn2)c(F)c1. The van der Waals surface area contributed by atoms with Gasteiger partial charge in [-0.2, -0.15) is 5.10 Å². The third kappa shape index (κ3) is 6.03. The Morgan fingerprint density at radius 1 is 0.932 bits per heavy atom. The van der Waals surface area contributed by atoms with E-state index in [4.69, 9.17) is 14.7 Å². The Morgan fingerprint density at radius 2 is 1.73 bits per heavy atom. The molecule has 2 N–H and O–H groups in total. The highest BCUT2D eigenvalue weighted by atomic mass is 19.1. The van der Waals surface area contributed by atoms with Crippen LogP contribution in [0.2, 0.25) is 0 Å². The van der Waals surface area contributed by atoms with Crippen molar-refractivity contribution in [2.75, 3.05) is 55.9 Å². The summed E-state index contributed by atoms with van der Waals surface area (Å²) in [5, 5.41) is 10.3. The molecule has 44 heavy (non-hydrogen) atoms. The van der Waals surface area contributed by atoms with E-state index in [1.165, 1.54) is 17.0 Å². The molecular formula is C31H30FN9O3. The Balaban J connectivity index is 1.24. The third-order valence-electron chi connectivity index (χ3n) is 7.16. The first kappa shape index (κ1) is 28.7. The Morgan fingerprint density at radius 3 is 2.41 bits per heavy atom. The van der Waals surface area contributed by atoms with Crippen molar-refractivity contribution in [3.8, 4) is 22.5 Å². The predicted octanol–water partition coefficient (Wildman–Crippen LogP) is 4.41. The van der Waals surface area contributed by atoms with E-state index < -0.39 is 11.8 Å². The van der Waals surface area contributed by atoms with Gasteiger partial charge in [-0.05, 0) is 48.0 Å². The fourth-order valence-corrected chi connectivity index (χ4v) is 4.89. The van der Waals surface area contributed by atoms with Gasteiger partial charge in [-0.3, -0.25) is 14.8 Å². The number of halogens is 1. The molecule has 3 aromatic heterocycles. The number of carbonyl (C=O) groups excluding carboxylic acids is 2. The number of nitrogens with zero attached hydrogens (tertiary/aromatic N) is 7. The first-order chi connectivity index (χ1) is 21.2. The molecule has 2 aromatic carbocycles. The van der Waals surface area contributed by atoms with Crippen LogP contribution in [0.15, 0.2) is 67.1 Å². The van der Waals surface area contributed by atoms with Crippen LogP contribution < -0.4 is 15.5 Å². The fourth-order valence-electron chi connectivity index (χ4n) is 4.89. The summed E-state index contributed by atoms with van der Waals surface area (Å²) < 4.78 is 21.9. The smallest absolute Gasteiger partial charge is 0.324 e. The summed E-state index contributed by atoms with van der Waals surface area (Å²) in [5.41, 5.74) is 3.51. The number of benzene rings is 2. The van der Waals surface area contributed by atoms with Crippen molar-refractivity contribution in [2.24, 2.45) is 7.05 Å². The van der Waals surface area contributed by atoms with E-state index in [1.807, 2.05) is 37.6 Å². The number of anilines is 3. The number of ether oxygens (including phenoxy) is 1. The van der Waals surface area contributed by atoms with Gasteiger partial charge >= 0.3 is 6.03 Å². The molecule has 1 fully saturated rings. The lowest BCUT2D eigenvalue weighted by Crippen LogP contribution is -2.37. The number of pyridine rings is 1. The van der Waals surface area contributed by atoms with E-state index in [-0.39, 0.29) is 23.0 Å². The van der Waals surface area contributed by atoms with Gasteiger partial charge in [-0.15, -0.1) is 0 Å². The van der Waals surface area contributed by atoms with Crippen LogP contribution in [0.1, 0.15) is 10.4 Å². The number of urea groups is 1. The first-order valence-corrected chi connectivity index (χ1v) is 13.9. The second kappa shape index (κ2) is 12.1. The molecule has 0 bridgehead atoms. The molecule has 1 saturated heterocycles. The molecule has 224 valence electrons. The van der Waals surface area contributed by atoms with Crippen LogP contribution in [-0.2, 0) is 11.8 Å². The molecule has 1 aliphatic rings. The Hall–Kier alpha value is -5.43. The maximum absolute atomic E-state index is 14.6. The second-order valence-corrected chi connectivity index (χ2v) is 10.5. The first-order valence-electron chi connectivity index (χ1n) is 13.9.